The number of amides is 3. The molecule has 0 saturated carbocycles. The van der Waals surface area contributed by atoms with E-state index in [1.807, 2.05) is 61.6 Å². The molecule has 1 aromatic carbocycles. The molecule has 1 aromatic rings. The first-order valence-corrected chi connectivity index (χ1v) is 14.8. The number of carbonyl (C=O) groups is 3. The fraction of sp³-hybridized carbons (Fsp3) is 0.581. The second kappa shape index (κ2) is 11.0. The van der Waals surface area contributed by atoms with Crippen molar-refractivity contribution >= 4 is 23.4 Å². The molecule has 5 aliphatic rings. The third-order valence-corrected chi connectivity index (χ3v) is 9.56. The van der Waals surface area contributed by atoms with Crippen molar-refractivity contribution in [3.63, 3.8) is 0 Å². The van der Waals surface area contributed by atoms with E-state index >= 15 is 0 Å². The van der Waals surface area contributed by atoms with Crippen molar-refractivity contribution in [3.8, 4) is 0 Å². The number of likely N-dealkylation sites (tertiary alicyclic amines) is 1. The number of rotatable bonds is 7. The zero-order chi connectivity index (χ0) is 28.8. The van der Waals surface area contributed by atoms with Gasteiger partial charge in [0, 0.05) is 45.0 Å². The Kier molecular flexibility index (Phi) is 7.52. The molecule has 5 aliphatic heterocycles. The summed E-state index contributed by atoms with van der Waals surface area (Å²) in [5.41, 5.74) is -1.62. The molecule has 6 rings (SSSR count). The van der Waals surface area contributed by atoms with E-state index < -0.39 is 35.1 Å². The van der Waals surface area contributed by atoms with Crippen molar-refractivity contribution < 1.29 is 29.0 Å². The number of carbonyl (C=O) groups excluding carboxylic acids is 3. The number of hydrogen-bond acceptors (Lipinski definition) is 7. The van der Waals surface area contributed by atoms with Gasteiger partial charge in [0.15, 0.2) is 0 Å². The zero-order valence-electron chi connectivity index (χ0n) is 23.9. The van der Waals surface area contributed by atoms with Crippen LogP contribution in [0.4, 0.5) is 5.69 Å². The molecule has 1 N–H and O–H groups in total. The van der Waals surface area contributed by atoms with Gasteiger partial charge in [-0.25, -0.2) is 0 Å². The molecule has 3 amide bonds. The molecule has 10 heteroatoms. The molecule has 10 nitrogen and oxygen atoms in total. The van der Waals surface area contributed by atoms with Crippen LogP contribution < -0.4 is 4.90 Å². The third kappa shape index (κ3) is 4.43. The van der Waals surface area contributed by atoms with Gasteiger partial charge in [-0.3, -0.25) is 19.3 Å². The van der Waals surface area contributed by atoms with Crippen LogP contribution in [0.3, 0.4) is 0 Å². The SMILES string of the molecule is CC[C@@]12C=CCN(c3ccccc3)C(=O)[C@@H]1[C@H]1C(=O)N([C@H](C)CO)C3C(=O)N(CCN4CCOCC4)CC=C[C@@]31O2. The summed E-state index contributed by atoms with van der Waals surface area (Å²) < 4.78 is 12.5. The summed E-state index contributed by atoms with van der Waals surface area (Å²) in [4.78, 5) is 50.6. The zero-order valence-corrected chi connectivity index (χ0v) is 23.9. The summed E-state index contributed by atoms with van der Waals surface area (Å²) in [6.07, 6.45) is 8.14. The molecular weight excluding hydrogens is 524 g/mol. The van der Waals surface area contributed by atoms with Crippen LogP contribution in [0, 0.1) is 11.8 Å². The average Bonchev–Trinajstić information content (AvgIpc) is 3.30. The summed E-state index contributed by atoms with van der Waals surface area (Å²) in [6, 6.07) is 7.85. The van der Waals surface area contributed by atoms with Crippen molar-refractivity contribution in [3.05, 3.63) is 54.6 Å². The minimum Gasteiger partial charge on any atom is -0.394 e. The van der Waals surface area contributed by atoms with E-state index in [2.05, 4.69) is 4.90 Å². The number of para-hydroxylation sites is 1. The number of aliphatic hydroxyl groups is 1. The standard InChI is InChI=1S/C31H40N4O6/c1-3-30-11-7-14-34(23-9-5-4-6-10-23)27(37)24(30)25-28(38)35(22(2)21-36)26-29(39)33(13-8-12-31(25,26)41-30)16-15-32-17-19-40-20-18-32/h4-12,22,24-26,36H,3,13-21H2,1-2H3/t22-,24+,25+,26?,30-,31+/m1/s1. The Morgan fingerprint density at radius 1 is 0.951 bits per heavy atom. The van der Waals surface area contributed by atoms with Gasteiger partial charge >= 0.3 is 0 Å². The fourth-order valence-corrected chi connectivity index (χ4v) is 7.44. The van der Waals surface area contributed by atoms with E-state index in [9.17, 15) is 19.5 Å². The number of morpholine rings is 1. The highest BCUT2D eigenvalue weighted by atomic mass is 16.5. The molecule has 0 aliphatic carbocycles. The van der Waals surface area contributed by atoms with E-state index in [-0.39, 0.29) is 24.3 Å². The summed E-state index contributed by atoms with van der Waals surface area (Å²) >= 11 is 0. The Balaban J connectivity index is 1.40. The molecule has 0 radical (unpaired) electrons. The van der Waals surface area contributed by atoms with Gasteiger partial charge in [-0.2, -0.15) is 0 Å². The Labute approximate surface area is 241 Å². The smallest absolute Gasteiger partial charge is 0.249 e. The Morgan fingerprint density at radius 3 is 2.39 bits per heavy atom. The number of benzene rings is 1. The monoisotopic (exact) mass is 564 g/mol. The lowest BCUT2D eigenvalue weighted by Gasteiger charge is -2.40. The first kappa shape index (κ1) is 28.1. The topological polar surface area (TPSA) is 103 Å². The molecule has 1 unspecified atom stereocenters. The summed E-state index contributed by atoms with van der Waals surface area (Å²) in [7, 11) is 0. The van der Waals surface area contributed by atoms with Crippen LogP contribution in [-0.2, 0) is 23.9 Å². The number of ether oxygens (including phenoxy) is 2. The van der Waals surface area contributed by atoms with Crippen molar-refractivity contribution in [1.29, 1.82) is 0 Å². The van der Waals surface area contributed by atoms with Crippen molar-refractivity contribution in [2.24, 2.45) is 11.8 Å². The molecule has 5 heterocycles. The molecule has 0 aromatic heterocycles. The van der Waals surface area contributed by atoms with E-state index in [1.165, 1.54) is 4.90 Å². The summed E-state index contributed by atoms with van der Waals surface area (Å²) in [6.45, 7) is 8.33. The van der Waals surface area contributed by atoms with Crippen LogP contribution in [0.5, 0.6) is 0 Å². The lowest BCUT2D eigenvalue weighted by molar-refractivity contribution is -0.155. The first-order valence-electron chi connectivity index (χ1n) is 14.8. The Morgan fingerprint density at radius 2 is 1.68 bits per heavy atom. The van der Waals surface area contributed by atoms with Crippen LogP contribution in [0.2, 0.25) is 0 Å². The van der Waals surface area contributed by atoms with E-state index in [0.29, 0.717) is 45.8 Å². The van der Waals surface area contributed by atoms with Crippen LogP contribution >= 0.6 is 0 Å². The molecule has 0 bridgehead atoms. The van der Waals surface area contributed by atoms with Gasteiger partial charge in [0.25, 0.3) is 0 Å². The minimum absolute atomic E-state index is 0.190. The van der Waals surface area contributed by atoms with Gasteiger partial charge in [0.2, 0.25) is 17.7 Å². The molecule has 1 spiro atoms. The highest BCUT2D eigenvalue weighted by Crippen LogP contribution is 2.59. The van der Waals surface area contributed by atoms with Crippen LogP contribution in [0.15, 0.2) is 54.6 Å². The fourth-order valence-electron chi connectivity index (χ4n) is 7.44. The molecule has 41 heavy (non-hydrogen) atoms. The highest BCUT2D eigenvalue weighted by molar-refractivity contribution is 6.04. The predicted molar refractivity (Wildman–Crippen MR) is 152 cm³/mol. The number of nitrogens with zero attached hydrogens (tertiary/aromatic N) is 4. The van der Waals surface area contributed by atoms with Gasteiger partial charge in [-0.05, 0) is 25.5 Å². The van der Waals surface area contributed by atoms with E-state index in [0.717, 1.165) is 18.8 Å². The number of anilines is 1. The number of fused-ring (bicyclic) bond motifs is 2. The van der Waals surface area contributed by atoms with Crippen molar-refractivity contribution in [2.75, 3.05) is 64.0 Å². The second-order valence-electron chi connectivity index (χ2n) is 11.7. The van der Waals surface area contributed by atoms with Gasteiger partial charge in [-0.1, -0.05) is 49.4 Å². The summed E-state index contributed by atoms with van der Waals surface area (Å²) in [5, 5.41) is 10.2. The predicted octanol–water partition coefficient (Wildman–Crippen LogP) is 1.06. The van der Waals surface area contributed by atoms with Gasteiger partial charge in [0.1, 0.15) is 11.6 Å². The largest absolute Gasteiger partial charge is 0.394 e. The van der Waals surface area contributed by atoms with E-state index in [1.54, 1.807) is 16.7 Å². The molecule has 3 saturated heterocycles. The highest BCUT2D eigenvalue weighted by Gasteiger charge is 2.75. The molecular formula is C31H40N4O6. The lowest BCUT2D eigenvalue weighted by atomic mass is 9.73. The van der Waals surface area contributed by atoms with E-state index in [4.69, 9.17) is 9.47 Å². The molecule has 220 valence electrons. The Hall–Kier alpha value is -3.05. The van der Waals surface area contributed by atoms with Crippen molar-refractivity contribution in [2.45, 2.75) is 43.6 Å². The third-order valence-electron chi connectivity index (χ3n) is 9.56. The summed E-state index contributed by atoms with van der Waals surface area (Å²) in [5.74, 6) is -2.44. The van der Waals surface area contributed by atoms with Gasteiger partial charge < -0.3 is 29.3 Å². The first-order chi connectivity index (χ1) is 19.9. The van der Waals surface area contributed by atoms with Gasteiger partial charge in [-0.15, -0.1) is 0 Å². The van der Waals surface area contributed by atoms with Crippen LogP contribution in [0.1, 0.15) is 20.3 Å². The maximum absolute atomic E-state index is 14.5. The normalized spacial score (nSPS) is 34.4. The minimum atomic E-state index is -1.33. The quantitative estimate of drug-likeness (QED) is 0.494. The van der Waals surface area contributed by atoms with Gasteiger partial charge in [0.05, 0.1) is 43.3 Å². The average molecular weight is 565 g/mol. The second-order valence-corrected chi connectivity index (χ2v) is 11.7. The molecule has 3 fully saturated rings. The lowest BCUT2D eigenvalue weighted by Crippen LogP contribution is -2.59. The maximum atomic E-state index is 14.5. The van der Waals surface area contributed by atoms with Crippen LogP contribution in [-0.4, -0.2) is 120 Å². The maximum Gasteiger partial charge on any atom is 0.249 e. The number of hydrogen-bond donors (Lipinski definition) is 1. The van der Waals surface area contributed by atoms with Crippen LogP contribution in [0.25, 0.3) is 0 Å². The Bertz CT molecular complexity index is 1230. The molecule has 6 atom stereocenters. The number of aliphatic hydroxyl groups excluding tert-OH is 1. The van der Waals surface area contributed by atoms with Crippen molar-refractivity contribution in [1.82, 2.24) is 14.7 Å².